The lowest BCUT2D eigenvalue weighted by Crippen LogP contribution is -2.59. The van der Waals surface area contributed by atoms with E-state index >= 15 is 0 Å². The fourth-order valence-electron chi connectivity index (χ4n) is 5.20. The zero-order valence-corrected chi connectivity index (χ0v) is 12.5. The van der Waals surface area contributed by atoms with Crippen LogP contribution in [0.1, 0.15) is 46.0 Å². The molecule has 4 rings (SSSR count). The zero-order chi connectivity index (χ0) is 13.7. The standard InChI is InChI=1S/C16H28N2O/c1-9(2)14(17)16(19)18(3)15-12-5-10-4-11(7-12)8-13(15)6-10/h9-15H,4-8,17H2,1-3H3. The summed E-state index contributed by atoms with van der Waals surface area (Å²) >= 11 is 0. The van der Waals surface area contributed by atoms with Gasteiger partial charge >= 0.3 is 0 Å². The van der Waals surface area contributed by atoms with Crippen molar-refractivity contribution in [1.29, 1.82) is 0 Å². The average molecular weight is 264 g/mol. The number of nitrogens with two attached hydrogens (primary N) is 1. The summed E-state index contributed by atoms with van der Waals surface area (Å²) in [6.45, 7) is 4.07. The van der Waals surface area contributed by atoms with Gasteiger partial charge in [0.1, 0.15) is 0 Å². The minimum absolute atomic E-state index is 0.160. The third-order valence-electron chi connectivity index (χ3n) is 5.98. The minimum atomic E-state index is -0.331. The Kier molecular flexibility index (Phi) is 3.36. The lowest BCUT2D eigenvalue weighted by Gasteiger charge is -2.56. The second kappa shape index (κ2) is 4.76. The van der Waals surface area contributed by atoms with Gasteiger partial charge in [0, 0.05) is 13.1 Å². The topological polar surface area (TPSA) is 46.3 Å². The van der Waals surface area contributed by atoms with Crippen molar-refractivity contribution in [3.05, 3.63) is 0 Å². The normalized spacial score (nSPS) is 41.6. The van der Waals surface area contributed by atoms with Crippen molar-refractivity contribution < 1.29 is 4.79 Å². The molecule has 1 atom stereocenters. The van der Waals surface area contributed by atoms with E-state index in [0.717, 1.165) is 23.7 Å². The molecule has 19 heavy (non-hydrogen) atoms. The Labute approximate surface area is 116 Å². The van der Waals surface area contributed by atoms with Gasteiger partial charge in [0.05, 0.1) is 6.04 Å². The summed E-state index contributed by atoms with van der Waals surface area (Å²) in [6, 6.07) is 0.146. The molecule has 2 N–H and O–H groups in total. The van der Waals surface area contributed by atoms with Crippen LogP contribution in [0.15, 0.2) is 0 Å². The van der Waals surface area contributed by atoms with E-state index in [1.807, 2.05) is 25.8 Å². The molecule has 3 heteroatoms. The molecular weight excluding hydrogens is 236 g/mol. The van der Waals surface area contributed by atoms with Crippen molar-refractivity contribution in [3.63, 3.8) is 0 Å². The maximum absolute atomic E-state index is 12.5. The minimum Gasteiger partial charge on any atom is -0.341 e. The fourth-order valence-corrected chi connectivity index (χ4v) is 5.20. The molecule has 1 amide bonds. The molecule has 0 aromatic rings. The van der Waals surface area contributed by atoms with Gasteiger partial charge in [-0.15, -0.1) is 0 Å². The van der Waals surface area contributed by atoms with Crippen molar-refractivity contribution in [2.75, 3.05) is 7.05 Å². The third kappa shape index (κ3) is 2.20. The van der Waals surface area contributed by atoms with E-state index in [1.54, 1.807) is 0 Å². The van der Waals surface area contributed by atoms with Crippen molar-refractivity contribution in [2.24, 2.45) is 35.3 Å². The highest BCUT2D eigenvalue weighted by atomic mass is 16.2. The Morgan fingerprint density at radius 2 is 1.53 bits per heavy atom. The average Bonchev–Trinajstić information content (AvgIpc) is 2.35. The smallest absolute Gasteiger partial charge is 0.239 e. The Morgan fingerprint density at radius 3 is 1.95 bits per heavy atom. The first kappa shape index (κ1) is 13.4. The highest BCUT2D eigenvalue weighted by molar-refractivity contribution is 5.82. The lowest BCUT2D eigenvalue weighted by molar-refractivity contribution is -0.143. The molecule has 4 saturated carbocycles. The predicted octanol–water partition coefficient (Wildman–Crippen LogP) is 2.25. The maximum atomic E-state index is 12.5. The number of hydrogen-bond donors (Lipinski definition) is 1. The lowest BCUT2D eigenvalue weighted by atomic mass is 9.54. The molecule has 0 radical (unpaired) electrons. The van der Waals surface area contributed by atoms with Gasteiger partial charge in [0.25, 0.3) is 0 Å². The van der Waals surface area contributed by atoms with Crippen LogP contribution < -0.4 is 5.73 Å². The van der Waals surface area contributed by atoms with Crippen LogP contribution in [0.2, 0.25) is 0 Å². The molecule has 4 bridgehead atoms. The van der Waals surface area contributed by atoms with Crippen molar-refractivity contribution in [1.82, 2.24) is 4.90 Å². The summed E-state index contributed by atoms with van der Waals surface area (Å²) in [5, 5.41) is 0. The number of amides is 1. The van der Waals surface area contributed by atoms with Crippen LogP contribution in [0.4, 0.5) is 0 Å². The monoisotopic (exact) mass is 264 g/mol. The van der Waals surface area contributed by atoms with E-state index in [2.05, 4.69) is 0 Å². The first-order valence-electron chi connectivity index (χ1n) is 7.99. The summed E-state index contributed by atoms with van der Waals surface area (Å²) in [6.07, 6.45) is 6.87. The van der Waals surface area contributed by atoms with Crippen LogP contribution in [0, 0.1) is 29.6 Å². The number of carbonyl (C=O) groups is 1. The van der Waals surface area contributed by atoms with Crippen LogP contribution in [0.25, 0.3) is 0 Å². The Hall–Kier alpha value is -0.570. The summed E-state index contributed by atoms with van der Waals surface area (Å²) in [5.41, 5.74) is 6.06. The van der Waals surface area contributed by atoms with Crippen molar-refractivity contribution >= 4 is 5.91 Å². The highest BCUT2D eigenvalue weighted by Crippen LogP contribution is 2.54. The Balaban J connectivity index is 1.73. The summed E-state index contributed by atoms with van der Waals surface area (Å²) in [4.78, 5) is 14.5. The third-order valence-corrected chi connectivity index (χ3v) is 5.98. The molecule has 1 unspecified atom stereocenters. The SMILES string of the molecule is CC(C)C(N)C(=O)N(C)C1C2CC3CC(C2)CC1C3. The summed E-state index contributed by atoms with van der Waals surface area (Å²) in [7, 11) is 2.00. The van der Waals surface area contributed by atoms with Gasteiger partial charge in [-0.1, -0.05) is 13.8 Å². The second-order valence-electron chi connectivity index (χ2n) is 7.64. The van der Waals surface area contributed by atoms with Gasteiger partial charge in [-0.3, -0.25) is 4.79 Å². The molecule has 0 heterocycles. The largest absolute Gasteiger partial charge is 0.341 e. The van der Waals surface area contributed by atoms with Gasteiger partial charge in [-0.25, -0.2) is 0 Å². The van der Waals surface area contributed by atoms with Crippen LogP contribution in [-0.2, 0) is 4.79 Å². The van der Waals surface area contributed by atoms with Gasteiger partial charge < -0.3 is 10.6 Å². The molecule has 0 spiro atoms. The fraction of sp³-hybridized carbons (Fsp3) is 0.938. The molecule has 0 aliphatic heterocycles. The van der Waals surface area contributed by atoms with Gasteiger partial charge in [-0.05, 0) is 61.7 Å². The van der Waals surface area contributed by atoms with E-state index in [1.165, 1.54) is 32.1 Å². The Morgan fingerprint density at radius 1 is 1.05 bits per heavy atom. The quantitative estimate of drug-likeness (QED) is 0.850. The van der Waals surface area contributed by atoms with Gasteiger partial charge in [0.2, 0.25) is 5.91 Å². The highest BCUT2D eigenvalue weighted by Gasteiger charge is 2.50. The van der Waals surface area contributed by atoms with Crippen molar-refractivity contribution in [3.8, 4) is 0 Å². The van der Waals surface area contributed by atoms with Gasteiger partial charge in [0.15, 0.2) is 0 Å². The van der Waals surface area contributed by atoms with E-state index in [4.69, 9.17) is 5.73 Å². The second-order valence-corrected chi connectivity index (χ2v) is 7.64. The predicted molar refractivity (Wildman–Crippen MR) is 76.4 cm³/mol. The molecule has 4 fully saturated rings. The van der Waals surface area contributed by atoms with Gasteiger partial charge in [-0.2, -0.15) is 0 Å². The number of likely N-dealkylation sites (N-methyl/N-ethyl adjacent to an activating group) is 1. The molecular formula is C16H28N2O. The van der Waals surface area contributed by atoms with Crippen LogP contribution in [0.5, 0.6) is 0 Å². The molecule has 3 nitrogen and oxygen atoms in total. The van der Waals surface area contributed by atoms with Crippen LogP contribution in [-0.4, -0.2) is 29.9 Å². The molecule has 108 valence electrons. The van der Waals surface area contributed by atoms with E-state index < -0.39 is 0 Å². The van der Waals surface area contributed by atoms with E-state index in [-0.39, 0.29) is 17.9 Å². The van der Waals surface area contributed by atoms with Crippen LogP contribution in [0.3, 0.4) is 0 Å². The van der Waals surface area contributed by atoms with E-state index in [9.17, 15) is 4.79 Å². The number of hydrogen-bond acceptors (Lipinski definition) is 2. The molecule has 4 aliphatic carbocycles. The number of carbonyl (C=O) groups excluding carboxylic acids is 1. The number of nitrogens with zero attached hydrogens (tertiary/aromatic N) is 1. The summed E-state index contributed by atoms with van der Waals surface area (Å²) in [5.74, 6) is 3.82. The molecule has 0 aromatic carbocycles. The zero-order valence-electron chi connectivity index (χ0n) is 12.5. The van der Waals surface area contributed by atoms with E-state index in [0.29, 0.717) is 6.04 Å². The molecule has 0 aromatic heterocycles. The summed E-state index contributed by atoms with van der Waals surface area (Å²) < 4.78 is 0. The number of rotatable bonds is 3. The first-order chi connectivity index (χ1) is 8.97. The molecule has 4 aliphatic rings. The van der Waals surface area contributed by atoms with Crippen molar-refractivity contribution in [2.45, 2.75) is 58.0 Å². The van der Waals surface area contributed by atoms with Crippen LogP contribution >= 0.6 is 0 Å². The Bertz CT molecular complexity index is 338. The maximum Gasteiger partial charge on any atom is 0.239 e. The molecule has 0 saturated heterocycles. The first-order valence-corrected chi connectivity index (χ1v) is 7.99.